The van der Waals surface area contributed by atoms with Gasteiger partial charge in [0.05, 0.1) is 0 Å². The fourth-order valence-electron chi connectivity index (χ4n) is 3.31. The first-order chi connectivity index (χ1) is 13.3. The van der Waals surface area contributed by atoms with Gasteiger partial charge in [-0.15, -0.1) is 0 Å². The van der Waals surface area contributed by atoms with Gasteiger partial charge in [0, 0.05) is 11.6 Å². The highest BCUT2D eigenvalue weighted by Crippen LogP contribution is 2.29. The maximum atomic E-state index is 12.5. The van der Waals surface area contributed by atoms with E-state index >= 15 is 0 Å². The summed E-state index contributed by atoms with van der Waals surface area (Å²) in [7, 11) is 0. The minimum Gasteiger partial charge on any atom is -0.508 e. The first-order valence-corrected chi connectivity index (χ1v) is 9.87. The van der Waals surface area contributed by atoms with Crippen molar-refractivity contribution in [2.45, 2.75) is 53.4 Å². The van der Waals surface area contributed by atoms with E-state index in [0.717, 1.165) is 36.0 Å². The summed E-state index contributed by atoms with van der Waals surface area (Å²) in [6.45, 7) is 7.82. The molecule has 0 radical (unpaired) electrons. The van der Waals surface area contributed by atoms with E-state index in [0.29, 0.717) is 17.6 Å². The molecule has 0 aliphatic heterocycles. The minimum absolute atomic E-state index is 0.0197. The van der Waals surface area contributed by atoms with Crippen molar-refractivity contribution in [3.8, 4) is 11.5 Å². The van der Waals surface area contributed by atoms with Gasteiger partial charge in [-0.3, -0.25) is 4.79 Å². The van der Waals surface area contributed by atoms with E-state index < -0.39 is 0 Å². The van der Waals surface area contributed by atoms with Gasteiger partial charge in [-0.05, 0) is 67.5 Å². The SMILES string of the molecule is CCC/C(Cc1ccc(O)cc1O)=C(/C=C(\C)c1ccc(CC)cc1)C(C)=O. The van der Waals surface area contributed by atoms with Crippen molar-refractivity contribution in [2.75, 3.05) is 0 Å². The van der Waals surface area contributed by atoms with Gasteiger partial charge in [0.15, 0.2) is 5.78 Å². The molecule has 0 saturated heterocycles. The molecule has 0 unspecified atom stereocenters. The Labute approximate surface area is 168 Å². The highest BCUT2D eigenvalue weighted by atomic mass is 16.3. The Balaban J connectivity index is 2.46. The van der Waals surface area contributed by atoms with Gasteiger partial charge in [0.25, 0.3) is 0 Å². The lowest BCUT2D eigenvalue weighted by molar-refractivity contribution is -0.113. The Kier molecular flexibility index (Phi) is 7.62. The molecule has 2 N–H and O–H groups in total. The molecule has 0 fully saturated rings. The molecule has 0 bridgehead atoms. The monoisotopic (exact) mass is 378 g/mol. The highest BCUT2D eigenvalue weighted by Gasteiger charge is 2.13. The van der Waals surface area contributed by atoms with E-state index in [2.05, 4.69) is 38.1 Å². The van der Waals surface area contributed by atoms with E-state index in [1.54, 1.807) is 19.1 Å². The normalized spacial score (nSPS) is 12.6. The molecule has 148 valence electrons. The number of hydrogen-bond donors (Lipinski definition) is 2. The van der Waals surface area contributed by atoms with Crippen LogP contribution in [0.15, 0.2) is 59.7 Å². The zero-order valence-corrected chi connectivity index (χ0v) is 17.2. The predicted molar refractivity (Wildman–Crippen MR) is 116 cm³/mol. The molecule has 2 aromatic carbocycles. The molecule has 0 saturated carbocycles. The smallest absolute Gasteiger partial charge is 0.159 e. The number of phenols is 2. The summed E-state index contributed by atoms with van der Waals surface area (Å²) >= 11 is 0. The summed E-state index contributed by atoms with van der Waals surface area (Å²) in [5.74, 6) is 0.0962. The van der Waals surface area contributed by atoms with Crippen molar-refractivity contribution in [3.05, 3.63) is 76.4 Å². The van der Waals surface area contributed by atoms with Crippen LogP contribution in [-0.4, -0.2) is 16.0 Å². The third-order valence-corrected chi connectivity index (χ3v) is 4.96. The molecular formula is C25H30O3. The minimum atomic E-state index is 0.0197. The van der Waals surface area contributed by atoms with E-state index in [4.69, 9.17) is 0 Å². The van der Waals surface area contributed by atoms with E-state index in [1.807, 2.05) is 13.0 Å². The largest absolute Gasteiger partial charge is 0.508 e. The molecule has 3 heteroatoms. The van der Waals surface area contributed by atoms with Crippen LogP contribution < -0.4 is 0 Å². The number of Topliss-reactive ketones (excluding diaryl/α,β-unsaturated/α-hetero) is 1. The number of hydrogen-bond acceptors (Lipinski definition) is 3. The molecule has 2 rings (SSSR count). The number of rotatable bonds is 8. The second kappa shape index (κ2) is 9.93. The number of carbonyl (C=O) groups excluding carboxylic acids is 1. The maximum absolute atomic E-state index is 12.5. The molecule has 0 heterocycles. The summed E-state index contributed by atoms with van der Waals surface area (Å²) in [5.41, 5.74) is 5.83. The lowest BCUT2D eigenvalue weighted by Gasteiger charge is -2.13. The highest BCUT2D eigenvalue weighted by molar-refractivity contribution is 5.98. The quantitative estimate of drug-likeness (QED) is 0.438. The molecule has 2 aromatic rings. The molecule has 0 aliphatic carbocycles. The lowest BCUT2D eigenvalue weighted by Crippen LogP contribution is -2.03. The third kappa shape index (κ3) is 5.59. The summed E-state index contributed by atoms with van der Waals surface area (Å²) in [4.78, 5) is 12.5. The van der Waals surface area contributed by atoms with Crippen molar-refractivity contribution in [2.24, 2.45) is 0 Å². The fourth-order valence-corrected chi connectivity index (χ4v) is 3.31. The van der Waals surface area contributed by atoms with Crippen LogP contribution in [0.2, 0.25) is 0 Å². The van der Waals surface area contributed by atoms with E-state index in [9.17, 15) is 15.0 Å². The van der Waals surface area contributed by atoms with Crippen LogP contribution in [0.4, 0.5) is 0 Å². The van der Waals surface area contributed by atoms with E-state index in [-0.39, 0.29) is 17.3 Å². The molecule has 3 nitrogen and oxygen atoms in total. The molecular weight excluding hydrogens is 348 g/mol. The average Bonchev–Trinajstić information content (AvgIpc) is 2.67. The van der Waals surface area contributed by atoms with Crippen LogP contribution in [0.3, 0.4) is 0 Å². The Morgan fingerprint density at radius 2 is 1.68 bits per heavy atom. The van der Waals surface area contributed by atoms with Crippen molar-refractivity contribution in [3.63, 3.8) is 0 Å². The number of allylic oxidation sites excluding steroid dienone is 4. The standard InChI is InChI=1S/C25H30O3/c1-5-7-21(15-22-12-13-23(27)16-25(22)28)24(18(4)26)14-17(3)20-10-8-19(6-2)9-11-20/h8-14,16,27-28H,5-7,15H2,1-4H3/b17-14+,24-21+. The number of phenolic OH excluding ortho intramolecular Hbond substituents is 2. The van der Waals surface area contributed by atoms with Gasteiger partial charge in [0.1, 0.15) is 11.5 Å². The number of aromatic hydroxyl groups is 2. The lowest BCUT2D eigenvalue weighted by atomic mass is 9.91. The van der Waals surface area contributed by atoms with Gasteiger partial charge in [-0.1, -0.05) is 56.2 Å². The maximum Gasteiger partial charge on any atom is 0.159 e. The van der Waals surface area contributed by atoms with Crippen molar-refractivity contribution >= 4 is 11.4 Å². The second-order valence-electron chi connectivity index (χ2n) is 7.19. The molecule has 0 atom stereocenters. The third-order valence-electron chi connectivity index (χ3n) is 4.96. The first kappa shape index (κ1) is 21.5. The molecule has 0 amide bonds. The van der Waals surface area contributed by atoms with Gasteiger partial charge in [-0.25, -0.2) is 0 Å². The topological polar surface area (TPSA) is 57.5 Å². The Hall–Kier alpha value is -2.81. The van der Waals surface area contributed by atoms with Crippen LogP contribution in [0.5, 0.6) is 11.5 Å². The van der Waals surface area contributed by atoms with Crippen molar-refractivity contribution in [1.82, 2.24) is 0 Å². The Bertz CT molecular complexity index is 887. The zero-order chi connectivity index (χ0) is 20.7. The number of aryl methyl sites for hydroxylation is 1. The molecule has 0 spiro atoms. The number of ketones is 1. The summed E-state index contributed by atoms with van der Waals surface area (Å²) < 4.78 is 0. The predicted octanol–water partition coefficient (Wildman–Crippen LogP) is 5.99. The number of benzene rings is 2. The summed E-state index contributed by atoms with van der Waals surface area (Å²) in [6, 6.07) is 13.0. The fraction of sp³-hybridized carbons (Fsp3) is 0.320. The number of carbonyl (C=O) groups is 1. The van der Waals surface area contributed by atoms with Gasteiger partial charge >= 0.3 is 0 Å². The average molecular weight is 379 g/mol. The Morgan fingerprint density at radius 3 is 2.21 bits per heavy atom. The second-order valence-corrected chi connectivity index (χ2v) is 7.19. The molecule has 0 aromatic heterocycles. The van der Waals surface area contributed by atoms with Gasteiger partial charge in [0.2, 0.25) is 0 Å². The van der Waals surface area contributed by atoms with E-state index in [1.165, 1.54) is 11.6 Å². The van der Waals surface area contributed by atoms with Crippen molar-refractivity contribution in [1.29, 1.82) is 0 Å². The van der Waals surface area contributed by atoms with Crippen LogP contribution in [0.25, 0.3) is 5.57 Å². The van der Waals surface area contributed by atoms with Gasteiger partial charge < -0.3 is 10.2 Å². The van der Waals surface area contributed by atoms with Crippen LogP contribution in [0.1, 0.15) is 57.2 Å². The molecule has 28 heavy (non-hydrogen) atoms. The van der Waals surface area contributed by atoms with Gasteiger partial charge in [-0.2, -0.15) is 0 Å². The summed E-state index contributed by atoms with van der Waals surface area (Å²) in [5, 5.41) is 19.7. The first-order valence-electron chi connectivity index (χ1n) is 9.87. The van der Waals surface area contributed by atoms with Crippen LogP contribution in [-0.2, 0) is 17.6 Å². The Morgan fingerprint density at radius 1 is 1.00 bits per heavy atom. The molecule has 0 aliphatic rings. The van der Waals surface area contributed by atoms with Crippen LogP contribution >= 0.6 is 0 Å². The van der Waals surface area contributed by atoms with Crippen LogP contribution in [0, 0.1) is 0 Å². The zero-order valence-electron chi connectivity index (χ0n) is 17.2. The van der Waals surface area contributed by atoms with Crippen molar-refractivity contribution < 1.29 is 15.0 Å². The summed E-state index contributed by atoms with van der Waals surface area (Å²) in [6.07, 6.45) is 5.12.